The molecule has 0 spiro atoms. The third-order valence-electron chi connectivity index (χ3n) is 3.80. The van der Waals surface area contributed by atoms with Gasteiger partial charge in [0.15, 0.2) is 0 Å². The summed E-state index contributed by atoms with van der Waals surface area (Å²) in [6.45, 7) is 7.35. The number of benzene rings is 1. The molecule has 19 heavy (non-hydrogen) atoms. The molecule has 1 atom stereocenters. The maximum absolute atomic E-state index is 2.45. The van der Waals surface area contributed by atoms with Crippen LogP contribution in [0.25, 0.3) is 0 Å². The fraction of sp³-hybridized carbons (Fsp3) is 0.412. The lowest BCUT2D eigenvalue weighted by Gasteiger charge is -2.30. The van der Waals surface area contributed by atoms with Gasteiger partial charge in [0, 0.05) is 0 Å². The quantitative estimate of drug-likeness (QED) is 0.733. The van der Waals surface area contributed by atoms with Crippen LogP contribution in [0.4, 0.5) is 0 Å². The van der Waals surface area contributed by atoms with Crippen molar-refractivity contribution in [3.05, 3.63) is 58.8 Å². The highest BCUT2D eigenvalue weighted by Gasteiger charge is 2.29. The maximum Gasteiger partial charge on any atom is 0.0733 e. The lowest BCUT2D eigenvalue weighted by Crippen LogP contribution is -2.28. The zero-order chi connectivity index (χ0) is 14.0. The van der Waals surface area contributed by atoms with Gasteiger partial charge in [-0.25, -0.2) is 0 Å². The van der Waals surface area contributed by atoms with E-state index < -0.39 is 8.07 Å². The molecule has 0 amide bonds. The van der Waals surface area contributed by atoms with E-state index in [1.54, 1.807) is 5.20 Å². The van der Waals surface area contributed by atoms with Gasteiger partial charge in [-0.2, -0.15) is 0 Å². The minimum Gasteiger partial charge on any atom is -0.299 e. The molecule has 0 fully saturated rings. The van der Waals surface area contributed by atoms with Crippen molar-refractivity contribution >= 4 is 8.07 Å². The topological polar surface area (TPSA) is 3.24 Å². The third kappa shape index (κ3) is 3.07. The minimum atomic E-state index is -1.24. The molecule has 2 rings (SSSR count). The molecule has 0 bridgehead atoms. The summed E-state index contributed by atoms with van der Waals surface area (Å²) in [5, 5.41) is 1.70. The Morgan fingerprint density at radius 3 is 2.21 bits per heavy atom. The molecular weight excluding hydrogens is 246 g/mol. The monoisotopic (exact) mass is 271 g/mol. The predicted molar refractivity (Wildman–Crippen MR) is 87.0 cm³/mol. The van der Waals surface area contributed by atoms with Crippen LogP contribution in [0, 0.1) is 0 Å². The molecule has 0 aliphatic heterocycles. The molecule has 1 aromatic rings. The second-order valence-electron chi connectivity index (χ2n) is 6.57. The average Bonchev–Trinajstić information content (AvgIpc) is 2.79. The van der Waals surface area contributed by atoms with E-state index in [1.807, 2.05) is 0 Å². The first-order valence-electron chi connectivity index (χ1n) is 7.02. The Balaban J connectivity index is 2.48. The van der Waals surface area contributed by atoms with Crippen LogP contribution in [-0.4, -0.2) is 27.1 Å². The SMILES string of the molecule is CN(C)[C@@H](C1=C([Si](C)(C)C)CC=C1)c1ccccc1. The van der Waals surface area contributed by atoms with Crippen LogP contribution >= 0.6 is 0 Å². The fourth-order valence-corrected chi connectivity index (χ4v) is 4.73. The van der Waals surface area contributed by atoms with Crippen LogP contribution in [0.15, 0.2) is 53.3 Å². The zero-order valence-electron chi connectivity index (χ0n) is 12.8. The first kappa shape index (κ1) is 14.3. The molecule has 0 saturated heterocycles. The van der Waals surface area contributed by atoms with Crippen LogP contribution in [-0.2, 0) is 0 Å². The lowest BCUT2D eigenvalue weighted by molar-refractivity contribution is 0.341. The van der Waals surface area contributed by atoms with Gasteiger partial charge in [-0.15, -0.1) is 0 Å². The van der Waals surface area contributed by atoms with Crippen LogP contribution in [0.5, 0.6) is 0 Å². The summed E-state index contributed by atoms with van der Waals surface area (Å²) >= 11 is 0. The van der Waals surface area contributed by atoms with Crippen molar-refractivity contribution in [2.24, 2.45) is 0 Å². The summed E-state index contributed by atoms with van der Waals surface area (Å²) in [4.78, 5) is 2.33. The predicted octanol–water partition coefficient (Wildman–Crippen LogP) is 4.42. The second-order valence-corrected chi connectivity index (χ2v) is 11.7. The lowest BCUT2D eigenvalue weighted by atomic mass is 9.98. The number of hydrogen-bond acceptors (Lipinski definition) is 1. The van der Waals surface area contributed by atoms with Gasteiger partial charge in [-0.05, 0) is 31.7 Å². The molecule has 1 aliphatic carbocycles. The smallest absolute Gasteiger partial charge is 0.0733 e. The van der Waals surface area contributed by atoms with Crippen molar-refractivity contribution in [1.29, 1.82) is 0 Å². The van der Waals surface area contributed by atoms with Gasteiger partial charge in [0.25, 0.3) is 0 Å². The van der Waals surface area contributed by atoms with Gasteiger partial charge in [0.05, 0.1) is 14.1 Å². The van der Waals surface area contributed by atoms with Gasteiger partial charge in [0.2, 0.25) is 0 Å². The summed E-state index contributed by atoms with van der Waals surface area (Å²) in [6, 6.07) is 11.2. The molecule has 102 valence electrons. The van der Waals surface area contributed by atoms with Crippen molar-refractivity contribution in [2.75, 3.05) is 14.1 Å². The molecule has 1 aliphatic rings. The Kier molecular flexibility index (Phi) is 4.12. The number of hydrogen-bond donors (Lipinski definition) is 0. The highest BCUT2D eigenvalue weighted by molar-refractivity contribution is 6.83. The van der Waals surface area contributed by atoms with Crippen LogP contribution < -0.4 is 0 Å². The van der Waals surface area contributed by atoms with Crippen LogP contribution in [0.3, 0.4) is 0 Å². The molecule has 0 saturated carbocycles. The number of nitrogens with zero attached hydrogens (tertiary/aromatic N) is 1. The molecule has 2 heteroatoms. The van der Waals surface area contributed by atoms with E-state index in [0.29, 0.717) is 6.04 Å². The molecule has 0 heterocycles. The van der Waals surface area contributed by atoms with Gasteiger partial charge in [-0.3, -0.25) is 4.90 Å². The van der Waals surface area contributed by atoms with E-state index >= 15 is 0 Å². The Morgan fingerprint density at radius 1 is 1.05 bits per heavy atom. The second kappa shape index (κ2) is 5.47. The molecule has 1 aromatic carbocycles. The zero-order valence-corrected chi connectivity index (χ0v) is 13.8. The van der Waals surface area contributed by atoms with E-state index in [-0.39, 0.29) is 0 Å². The van der Waals surface area contributed by atoms with Crippen molar-refractivity contribution in [3.63, 3.8) is 0 Å². The standard InChI is InChI=1S/C17H25NSi/c1-18(2)17(14-10-7-6-8-11-14)15-12-9-13-16(15)19(3,4)5/h6-12,17H,13H2,1-5H3/t17-/m1/s1. The van der Waals surface area contributed by atoms with Gasteiger partial charge in [0.1, 0.15) is 0 Å². The van der Waals surface area contributed by atoms with E-state index in [0.717, 1.165) is 6.42 Å². The Bertz CT molecular complexity index is 492. The minimum absolute atomic E-state index is 0.390. The summed E-state index contributed by atoms with van der Waals surface area (Å²) in [6.07, 6.45) is 5.84. The van der Waals surface area contributed by atoms with Crippen LogP contribution in [0.1, 0.15) is 18.0 Å². The van der Waals surface area contributed by atoms with Crippen molar-refractivity contribution in [3.8, 4) is 0 Å². The first-order chi connectivity index (χ1) is 8.91. The summed E-state index contributed by atoms with van der Waals surface area (Å²) in [5.74, 6) is 0. The normalized spacial score (nSPS) is 17.4. The molecule has 0 unspecified atom stereocenters. The van der Waals surface area contributed by atoms with Crippen LogP contribution in [0.2, 0.25) is 19.6 Å². The largest absolute Gasteiger partial charge is 0.299 e. The fourth-order valence-electron chi connectivity index (χ4n) is 2.91. The summed E-state index contributed by atoms with van der Waals surface area (Å²) in [5.41, 5.74) is 2.93. The van der Waals surface area contributed by atoms with Crippen molar-refractivity contribution < 1.29 is 0 Å². The molecular formula is C17H25NSi. The average molecular weight is 271 g/mol. The molecule has 0 radical (unpaired) electrons. The third-order valence-corrected chi connectivity index (χ3v) is 6.10. The van der Waals surface area contributed by atoms with Crippen molar-refractivity contribution in [1.82, 2.24) is 4.90 Å². The highest BCUT2D eigenvalue weighted by Crippen LogP contribution is 2.37. The summed E-state index contributed by atoms with van der Waals surface area (Å²) in [7, 11) is 3.12. The van der Waals surface area contributed by atoms with Gasteiger partial charge >= 0.3 is 0 Å². The molecule has 1 nitrogen and oxygen atoms in total. The Hall–Kier alpha value is -1.12. The number of rotatable bonds is 4. The highest BCUT2D eigenvalue weighted by atomic mass is 28.3. The maximum atomic E-state index is 2.45. The van der Waals surface area contributed by atoms with Gasteiger partial charge < -0.3 is 0 Å². The van der Waals surface area contributed by atoms with Crippen molar-refractivity contribution in [2.45, 2.75) is 32.1 Å². The molecule has 0 aromatic heterocycles. The van der Waals surface area contributed by atoms with Gasteiger partial charge in [-0.1, -0.05) is 67.3 Å². The van der Waals surface area contributed by atoms with E-state index in [9.17, 15) is 0 Å². The molecule has 0 N–H and O–H groups in total. The first-order valence-corrected chi connectivity index (χ1v) is 10.5. The summed E-state index contributed by atoms with van der Waals surface area (Å²) < 4.78 is 0. The van der Waals surface area contributed by atoms with E-state index in [4.69, 9.17) is 0 Å². The Labute approximate surface area is 118 Å². The van der Waals surface area contributed by atoms with E-state index in [1.165, 1.54) is 11.1 Å². The Morgan fingerprint density at radius 2 is 1.68 bits per heavy atom. The number of allylic oxidation sites excluding steroid dienone is 2. The number of likely N-dealkylation sites (N-methyl/N-ethyl adjacent to an activating group) is 1. The van der Waals surface area contributed by atoms with E-state index in [2.05, 4.69) is 81.1 Å².